The Hall–Kier alpha value is -2.04. The summed E-state index contributed by atoms with van der Waals surface area (Å²) in [6.45, 7) is 3.85. The van der Waals surface area contributed by atoms with Crippen molar-refractivity contribution in [3.05, 3.63) is 29.8 Å². The van der Waals surface area contributed by atoms with E-state index in [2.05, 4.69) is 10.6 Å². The number of anilines is 1. The number of hydrogen-bond donors (Lipinski definition) is 3. The maximum Gasteiger partial charge on any atom is 0.311 e. The zero-order valence-corrected chi connectivity index (χ0v) is 12.5. The topological polar surface area (TPSA) is 78.4 Å². The molecule has 0 saturated carbocycles. The molecule has 0 aliphatic carbocycles. The van der Waals surface area contributed by atoms with Crippen molar-refractivity contribution in [2.75, 3.05) is 11.9 Å². The lowest BCUT2D eigenvalue weighted by Crippen LogP contribution is -2.46. The Bertz CT molecular complexity index is 513. The van der Waals surface area contributed by atoms with Gasteiger partial charge in [-0.1, -0.05) is 32.0 Å². The van der Waals surface area contributed by atoms with E-state index in [1.165, 1.54) is 0 Å². The van der Waals surface area contributed by atoms with Crippen LogP contribution in [0.25, 0.3) is 0 Å². The van der Waals surface area contributed by atoms with Crippen LogP contribution < -0.4 is 10.6 Å². The molecule has 21 heavy (non-hydrogen) atoms. The number of carbonyl (C=O) groups is 2. The van der Waals surface area contributed by atoms with E-state index in [9.17, 15) is 14.7 Å². The first kappa shape index (κ1) is 15.4. The van der Waals surface area contributed by atoms with E-state index in [1.54, 1.807) is 0 Å². The standard InChI is InChI=1S/C16H22N2O3/c1-3-16(4-2,15(20)21)10-17-14(19)13-9-11-7-5-6-8-12(11)18-13/h5-8,13,18H,3-4,9-10H2,1-2H3,(H,17,19)(H,20,21)/t13-/m0/s1. The van der Waals surface area contributed by atoms with Gasteiger partial charge in [-0.3, -0.25) is 9.59 Å². The number of carboxylic acid groups (broad SMARTS) is 1. The van der Waals surface area contributed by atoms with E-state index in [0.29, 0.717) is 19.3 Å². The Labute approximate surface area is 124 Å². The molecule has 0 saturated heterocycles. The van der Waals surface area contributed by atoms with Crippen LogP contribution in [-0.2, 0) is 16.0 Å². The summed E-state index contributed by atoms with van der Waals surface area (Å²) >= 11 is 0. The van der Waals surface area contributed by atoms with Crippen LogP contribution in [0, 0.1) is 5.41 Å². The Morgan fingerprint density at radius 3 is 2.57 bits per heavy atom. The zero-order chi connectivity index (χ0) is 15.5. The van der Waals surface area contributed by atoms with Gasteiger partial charge < -0.3 is 15.7 Å². The minimum absolute atomic E-state index is 0.140. The molecule has 1 atom stereocenters. The van der Waals surface area contributed by atoms with Gasteiger partial charge in [0.1, 0.15) is 6.04 Å². The minimum Gasteiger partial charge on any atom is -0.481 e. The van der Waals surface area contributed by atoms with Gasteiger partial charge in [0, 0.05) is 18.7 Å². The van der Waals surface area contributed by atoms with Crippen LogP contribution in [0.3, 0.4) is 0 Å². The van der Waals surface area contributed by atoms with Crippen molar-refractivity contribution in [2.45, 2.75) is 39.2 Å². The number of hydrogen-bond acceptors (Lipinski definition) is 3. The van der Waals surface area contributed by atoms with Crippen LogP contribution in [0.15, 0.2) is 24.3 Å². The number of carbonyl (C=O) groups excluding carboxylic acids is 1. The summed E-state index contributed by atoms with van der Waals surface area (Å²) in [4.78, 5) is 23.7. The highest BCUT2D eigenvalue weighted by atomic mass is 16.4. The number of carboxylic acids is 1. The molecule has 0 unspecified atom stereocenters. The monoisotopic (exact) mass is 290 g/mol. The Morgan fingerprint density at radius 2 is 2.00 bits per heavy atom. The van der Waals surface area contributed by atoms with Crippen molar-refractivity contribution >= 4 is 17.6 Å². The summed E-state index contributed by atoms with van der Waals surface area (Å²) in [6, 6.07) is 7.50. The third-order valence-corrected chi connectivity index (χ3v) is 4.50. The molecule has 0 spiro atoms. The van der Waals surface area contributed by atoms with Crippen molar-refractivity contribution in [2.24, 2.45) is 5.41 Å². The van der Waals surface area contributed by atoms with Crippen LogP contribution in [0.5, 0.6) is 0 Å². The number of nitrogens with one attached hydrogen (secondary N) is 2. The third kappa shape index (κ3) is 3.01. The zero-order valence-electron chi connectivity index (χ0n) is 12.5. The summed E-state index contributed by atoms with van der Waals surface area (Å²) in [5.41, 5.74) is 1.22. The molecule has 1 aromatic rings. The van der Waals surface area contributed by atoms with Gasteiger partial charge in [0.25, 0.3) is 0 Å². The number of para-hydroxylation sites is 1. The third-order valence-electron chi connectivity index (χ3n) is 4.50. The fourth-order valence-corrected chi connectivity index (χ4v) is 2.71. The van der Waals surface area contributed by atoms with Crippen LogP contribution in [0.1, 0.15) is 32.3 Å². The quantitative estimate of drug-likeness (QED) is 0.749. The van der Waals surface area contributed by atoms with Crippen molar-refractivity contribution < 1.29 is 14.7 Å². The lowest BCUT2D eigenvalue weighted by atomic mass is 9.82. The number of benzene rings is 1. The molecule has 0 bridgehead atoms. The second-order valence-corrected chi connectivity index (χ2v) is 5.57. The second-order valence-electron chi connectivity index (χ2n) is 5.57. The highest BCUT2D eigenvalue weighted by Crippen LogP contribution is 2.27. The molecule has 3 N–H and O–H groups in total. The Balaban J connectivity index is 1.96. The van der Waals surface area contributed by atoms with Gasteiger partial charge in [-0.05, 0) is 24.5 Å². The Kier molecular flexibility index (Phi) is 4.50. The van der Waals surface area contributed by atoms with Crippen LogP contribution in [-0.4, -0.2) is 29.6 Å². The fraction of sp³-hybridized carbons (Fsp3) is 0.500. The van der Waals surface area contributed by atoms with E-state index in [0.717, 1.165) is 11.3 Å². The second kappa shape index (κ2) is 6.16. The van der Waals surface area contributed by atoms with Crippen molar-refractivity contribution in [1.82, 2.24) is 5.32 Å². The SMILES string of the molecule is CCC(CC)(CNC(=O)[C@@H]1Cc2ccccc2N1)C(=O)O. The van der Waals surface area contributed by atoms with Gasteiger partial charge in [-0.2, -0.15) is 0 Å². The molecule has 5 nitrogen and oxygen atoms in total. The predicted octanol–water partition coefficient (Wildman–Crippen LogP) is 2.03. The lowest BCUT2D eigenvalue weighted by molar-refractivity contribution is -0.149. The first-order valence-corrected chi connectivity index (χ1v) is 7.38. The minimum atomic E-state index is -0.874. The number of amides is 1. The van der Waals surface area contributed by atoms with E-state index in [1.807, 2.05) is 38.1 Å². The highest BCUT2D eigenvalue weighted by Gasteiger charge is 2.36. The Morgan fingerprint density at radius 1 is 1.33 bits per heavy atom. The molecular weight excluding hydrogens is 268 g/mol. The number of fused-ring (bicyclic) bond motifs is 1. The van der Waals surface area contributed by atoms with Crippen LogP contribution in [0.4, 0.5) is 5.69 Å². The fourth-order valence-electron chi connectivity index (χ4n) is 2.71. The molecule has 1 amide bonds. The highest BCUT2D eigenvalue weighted by molar-refractivity contribution is 5.88. The number of rotatable bonds is 6. The summed E-state index contributed by atoms with van der Waals surface area (Å²) in [7, 11) is 0. The van der Waals surface area contributed by atoms with E-state index in [-0.39, 0.29) is 18.5 Å². The molecule has 0 radical (unpaired) electrons. The van der Waals surface area contributed by atoms with E-state index >= 15 is 0 Å². The maximum atomic E-state index is 12.2. The largest absolute Gasteiger partial charge is 0.481 e. The molecule has 1 aromatic carbocycles. The predicted molar refractivity (Wildman–Crippen MR) is 81.2 cm³/mol. The maximum absolute atomic E-state index is 12.2. The molecule has 0 fully saturated rings. The normalized spacial score (nSPS) is 17.0. The van der Waals surface area contributed by atoms with Gasteiger partial charge >= 0.3 is 5.97 Å². The molecular formula is C16H22N2O3. The van der Waals surface area contributed by atoms with E-state index < -0.39 is 11.4 Å². The summed E-state index contributed by atoms with van der Waals surface area (Å²) in [6.07, 6.45) is 1.63. The summed E-state index contributed by atoms with van der Waals surface area (Å²) in [5.74, 6) is -0.991. The molecule has 1 aliphatic rings. The van der Waals surface area contributed by atoms with Crippen LogP contribution in [0.2, 0.25) is 0 Å². The molecule has 5 heteroatoms. The van der Waals surface area contributed by atoms with E-state index in [4.69, 9.17) is 0 Å². The van der Waals surface area contributed by atoms with Gasteiger partial charge in [0.2, 0.25) is 5.91 Å². The van der Waals surface area contributed by atoms with Gasteiger partial charge in [-0.15, -0.1) is 0 Å². The van der Waals surface area contributed by atoms with Crippen LogP contribution >= 0.6 is 0 Å². The van der Waals surface area contributed by atoms with Crippen molar-refractivity contribution in [3.8, 4) is 0 Å². The smallest absolute Gasteiger partial charge is 0.311 e. The summed E-state index contributed by atoms with van der Waals surface area (Å²) < 4.78 is 0. The first-order chi connectivity index (χ1) is 10.0. The average Bonchev–Trinajstić information content (AvgIpc) is 2.92. The van der Waals surface area contributed by atoms with Crippen molar-refractivity contribution in [1.29, 1.82) is 0 Å². The summed E-state index contributed by atoms with van der Waals surface area (Å²) in [5, 5.41) is 15.4. The first-order valence-electron chi connectivity index (χ1n) is 7.38. The van der Waals surface area contributed by atoms with Gasteiger partial charge in [0.05, 0.1) is 5.41 Å². The molecule has 1 heterocycles. The molecule has 114 valence electrons. The van der Waals surface area contributed by atoms with Gasteiger partial charge in [0.15, 0.2) is 0 Å². The van der Waals surface area contributed by atoms with Gasteiger partial charge in [-0.25, -0.2) is 0 Å². The number of aliphatic carboxylic acids is 1. The van der Waals surface area contributed by atoms with Crippen molar-refractivity contribution in [3.63, 3.8) is 0 Å². The molecule has 0 aromatic heterocycles. The lowest BCUT2D eigenvalue weighted by Gasteiger charge is -2.27. The molecule has 2 rings (SSSR count). The average molecular weight is 290 g/mol. The molecule has 1 aliphatic heterocycles.